The number of carbonyl (C=O) groups excluding carboxylic acids is 1. The Labute approximate surface area is 117 Å². The number of phenolic OH excluding ortho intramolecular Hbond substituents is 1. The van der Waals surface area contributed by atoms with E-state index in [1.54, 1.807) is 0 Å². The zero-order valence-corrected chi connectivity index (χ0v) is 11.3. The number of hydrogen-bond acceptors (Lipinski definition) is 4. The van der Waals surface area contributed by atoms with Crippen LogP contribution in [0.1, 0.15) is 24.9 Å². The first-order chi connectivity index (χ1) is 9.66. The molecule has 1 saturated heterocycles. The lowest BCUT2D eigenvalue weighted by Crippen LogP contribution is -2.35. The minimum atomic E-state index is -0.282. The lowest BCUT2D eigenvalue weighted by atomic mass is 10.0. The van der Waals surface area contributed by atoms with Crippen LogP contribution in [0.4, 0.5) is 0 Å². The van der Waals surface area contributed by atoms with Crippen LogP contribution in [0.15, 0.2) is 36.4 Å². The summed E-state index contributed by atoms with van der Waals surface area (Å²) in [5.74, 6) is 0.0617. The first-order valence-corrected chi connectivity index (χ1v) is 6.80. The van der Waals surface area contributed by atoms with Gasteiger partial charge >= 0.3 is 5.97 Å². The Balaban J connectivity index is 1.89. The number of cyclic esters (lactones) is 1. The van der Waals surface area contributed by atoms with Crippen LogP contribution >= 0.6 is 0 Å². The molecule has 2 N–H and O–H groups in total. The molecule has 2 aromatic carbocycles. The van der Waals surface area contributed by atoms with Crippen molar-refractivity contribution in [3.8, 4) is 5.75 Å². The molecule has 0 saturated carbocycles. The molecule has 2 unspecified atom stereocenters. The predicted octanol–water partition coefficient (Wildman–Crippen LogP) is 2.51. The van der Waals surface area contributed by atoms with E-state index in [2.05, 4.69) is 5.32 Å². The maximum atomic E-state index is 11.5. The molecule has 1 fully saturated rings. The van der Waals surface area contributed by atoms with Crippen LogP contribution in [0.25, 0.3) is 10.8 Å². The van der Waals surface area contributed by atoms with Crippen molar-refractivity contribution in [1.82, 2.24) is 5.32 Å². The van der Waals surface area contributed by atoms with Crippen molar-refractivity contribution in [2.75, 3.05) is 6.61 Å². The van der Waals surface area contributed by atoms with Crippen LogP contribution < -0.4 is 5.32 Å². The number of rotatable bonds is 3. The zero-order valence-electron chi connectivity index (χ0n) is 11.3. The Bertz CT molecular complexity index is 653. The number of hydrogen-bond donors (Lipinski definition) is 2. The molecule has 4 heteroatoms. The number of phenols is 1. The van der Waals surface area contributed by atoms with Crippen LogP contribution in [-0.4, -0.2) is 23.7 Å². The third-order valence-corrected chi connectivity index (χ3v) is 3.78. The van der Waals surface area contributed by atoms with Crippen molar-refractivity contribution in [3.63, 3.8) is 0 Å². The highest BCUT2D eigenvalue weighted by Gasteiger charge is 2.28. The van der Waals surface area contributed by atoms with Crippen molar-refractivity contribution >= 4 is 16.7 Å². The van der Waals surface area contributed by atoms with Gasteiger partial charge in [0.1, 0.15) is 11.8 Å². The first kappa shape index (κ1) is 12.9. The van der Waals surface area contributed by atoms with Crippen LogP contribution in [0, 0.1) is 0 Å². The SMILES string of the molecule is CC(NC1CCOC1=O)c1ccc2ccccc2c1O. The number of carbonyl (C=O) groups is 1. The smallest absolute Gasteiger partial charge is 0.323 e. The standard InChI is InChI=1S/C16H17NO3/c1-10(17-14-8-9-20-16(14)19)12-7-6-11-4-2-3-5-13(11)15(12)18/h2-7,10,14,17-18H,8-9H2,1H3. The minimum Gasteiger partial charge on any atom is -0.507 e. The van der Waals surface area contributed by atoms with E-state index in [4.69, 9.17) is 4.74 Å². The van der Waals surface area contributed by atoms with Gasteiger partial charge in [-0.3, -0.25) is 10.1 Å². The summed E-state index contributed by atoms with van der Waals surface area (Å²) in [5.41, 5.74) is 0.795. The molecule has 2 aromatic rings. The van der Waals surface area contributed by atoms with Gasteiger partial charge < -0.3 is 9.84 Å². The van der Waals surface area contributed by atoms with Crippen LogP contribution in [0.5, 0.6) is 5.75 Å². The van der Waals surface area contributed by atoms with Gasteiger partial charge in [0.25, 0.3) is 0 Å². The van der Waals surface area contributed by atoms with Gasteiger partial charge in [-0.2, -0.15) is 0 Å². The fourth-order valence-corrected chi connectivity index (χ4v) is 2.66. The van der Waals surface area contributed by atoms with Gasteiger partial charge in [-0.05, 0) is 12.3 Å². The lowest BCUT2D eigenvalue weighted by Gasteiger charge is -2.19. The summed E-state index contributed by atoms with van der Waals surface area (Å²) < 4.78 is 4.94. The molecule has 1 aliphatic rings. The topological polar surface area (TPSA) is 58.6 Å². The molecule has 0 amide bonds. The van der Waals surface area contributed by atoms with Gasteiger partial charge in [0.05, 0.1) is 6.61 Å². The Morgan fingerprint density at radius 2 is 2.10 bits per heavy atom. The van der Waals surface area contributed by atoms with E-state index in [1.165, 1.54) is 0 Å². The molecule has 0 bridgehead atoms. The molecule has 20 heavy (non-hydrogen) atoms. The second-order valence-corrected chi connectivity index (χ2v) is 5.12. The molecule has 3 rings (SSSR count). The number of aromatic hydroxyl groups is 1. The van der Waals surface area contributed by atoms with Crippen molar-refractivity contribution in [2.45, 2.75) is 25.4 Å². The maximum Gasteiger partial charge on any atom is 0.323 e. The monoisotopic (exact) mass is 271 g/mol. The van der Waals surface area contributed by atoms with E-state index in [0.29, 0.717) is 13.0 Å². The van der Waals surface area contributed by atoms with Gasteiger partial charge in [-0.25, -0.2) is 0 Å². The second-order valence-electron chi connectivity index (χ2n) is 5.12. The highest BCUT2D eigenvalue weighted by Crippen LogP contribution is 2.32. The Kier molecular flexibility index (Phi) is 3.32. The third-order valence-electron chi connectivity index (χ3n) is 3.78. The first-order valence-electron chi connectivity index (χ1n) is 6.80. The molecule has 104 valence electrons. The average Bonchev–Trinajstić information content (AvgIpc) is 2.85. The number of ether oxygens (including phenoxy) is 1. The zero-order chi connectivity index (χ0) is 14.1. The van der Waals surface area contributed by atoms with Crippen LogP contribution in [0.2, 0.25) is 0 Å². The average molecular weight is 271 g/mol. The van der Waals surface area contributed by atoms with Crippen molar-refractivity contribution < 1.29 is 14.6 Å². The van der Waals surface area contributed by atoms with Crippen molar-refractivity contribution in [3.05, 3.63) is 42.0 Å². The van der Waals surface area contributed by atoms with E-state index in [0.717, 1.165) is 16.3 Å². The number of benzene rings is 2. The fraction of sp³-hybridized carbons (Fsp3) is 0.312. The van der Waals surface area contributed by atoms with E-state index in [9.17, 15) is 9.90 Å². The Morgan fingerprint density at radius 3 is 2.85 bits per heavy atom. The van der Waals surface area contributed by atoms with Gasteiger partial charge in [0.2, 0.25) is 0 Å². The van der Waals surface area contributed by atoms with Gasteiger partial charge in [0, 0.05) is 23.4 Å². The molecule has 0 radical (unpaired) electrons. The molecule has 0 spiro atoms. The minimum absolute atomic E-state index is 0.116. The predicted molar refractivity (Wildman–Crippen MR) is 76.5 cm³/mol. The van der Waals surface area contributed by atoms with Gasteiger partial charge in [-0.15, -0.1) is 0 Å². The molecule has 1 heterocycles. The number of esters is 1. The van der Waals surface area contributed by atoms with E-state index < -0.39 is 0 Å². The maximum absolute atomic E-state index is 11.5. The summed E-state index contributed by atoms with van der Waals surface area (Å²) in [5, 5.41) is 15.4. The molecular weight excluding hydrogens is 254 g/mol. The summed E-state index contributed by atoms with van der Waals surface area (Å²) in [6.45, 7) is 2.41. The van der Waals surface area contributed by atoms with E-state index >= 15 is 0 Å². The van der Waals surface area contributed by atoms with Crippen molar-refractivity contribution in [1.29, 1.82) is 0 Å². The normalized spacial score (nSPS) is 20.1. The summed E-state index contributed by atoms with van der Waals surface area (Å²) in [6.07, 6.45) is 0.678. The highest BCUT2D eigenvalue weighted by atomic mass is 16.5. The molecule has 2 atom stereocenters. The summed E-state index contributed by atoms with van der Waals surface area (Å²) in [4.78, 5) is 11.5. The molecular formula is C16H17NO3. The number of nitrogens with one attached hydrogen (secondary N) is 1. The number of fused-ring (bicyclic) bond motifs is 1. The molecule has 0 aromatic heterocycles. The summed E-state index contributed by atoms with van der Waals surface area (Å²) in [7, 11) is 0. The Morgan fingerprint density at radius 1 is 1.30 bits per heavy atom. The Hall–Kier alpha value is -2.07. The third kappa shape index (κ3) is 2.23. The van der Waals surface area contributed by atoms with Crippen LogP contribution in [-0.2, 0) is 9.53 Å². The summed E-state index contributed by atoms with van der Waals surface area (Å²) in [6, 6.07) is 11.2. The van der Waals surface area contributed by atoms with Gasteiger partial charge in [0.15, 0.2) is 0 Å². The molecule has 4 nitrogen and oxygen atoms in total. The van der Waals surface area contributed by atoms with E-state index in [1.807, 2.05) is 43.3 Å². The van der Waals surface area contributed by atoms with E-state index in [-0.39, 0.29) is 23.8 Å². The summed E-state index contributed by atoms with van der Waals surface area (Å²) >= 11 is 0. The molecule has 0 aliphatic carbocycles. The van der Waals surface area contributed by atoms with Gasteiger partial charge in [-0.1, -0.05) is 36.4 Å². The van der Waals surface area contributed by atoms with Crippen molar-refractivity contribution in [2.24, 2.45) is 0 Å². The quantitative estimate of drug-likeness (QED) is 0.842. The lowest BCUT2D eigenvalue weighted by molar-refractivity contribution is -0.139. The molecule has 1 aliphatic heterocycles. The fourth-order valence-electron chi connectivity index (χ4n) is 2.66. The largest absolute Gasteiger partial charge is 0.507 e. The van der Waals surface area contributed by atoms with Crippen LogP contribution in [0.3, 0.4) is 0 Å². The second kappa shape index (κ2) is 5.13. The highest BCUT2D eigenvalue weighted by molar-refractivity contribution is 5.89.